The second-order valence-electron chi connectivity index (χ2n) is 4.69. The lowest BCUT2D eigenvalue weighted by atomic mass is 10.3. The van der Waals surface area contributed by atoms with Gasteiger partial charge in [0.05, 0.1) is 5.02 Å². The lowest BCUT2D eigenvalue weighted by Gasteiger charge is -1.99. The molecule has 1 saturated carbocycles. The van der Waals surface area contributed by atoms with E-state index in [1.807, 2.05) is 6.07 Å². The van der Waals surface area contributed by atoms with Crippen molar-refractivity contribution >= 4 is 22.9 Å². The first-order chi connectivity index (χ1) is 9.33. The molecule has 0 atom stereocenters. The van der Waals surface area contributed by atoms with Crippen molar-refractivity contribution in [1.29, 1.82) is 0 Å². The maximum atomic E-state index is 6.10. The topological polar surface area (TPSA) is 50.7 Å². The molecule has 0 aliphatic heterocycles. The first kappa shape index (κ1) is 13.0. The molecule has 0 spiro atoms. The van der Waals surface area contributed by atoms with E-state index >= 15 is 0 Å². The Morgan fingerprint density at radius 2 is 2.26 bits per heavy atom. The van der Waals surface area contributed by atoms with E-state index in [4.69, 9.17) is 11.6 Å². The minimum absolute atomic E-state index is 0.626. The van der Waals surface area contributed by atoms with Gasteiger partial charge in [-0.05, 0) is 31.9 Å². The van der Waals surface area contributed by atoms with Gasteiger partial charge in [-0.1, -0.05) is 22.9 Å². The summed E-state index contributed by atoms with van der Waals surface area (Å²) in [6.07, 6.45) is 8.11. The molecule has 4 nitrogen and oxygen atoms in total. The van der Waals surface area contributed by atoms with E-state index in [1.54, 1.807) is 23.7 Å². The number of pyridine rings is 1. The van der Waals surface area contributed by atoms with Gasteiger partial charge in [-0.3, -0.25) is 4.98 Å². The lowest BCUT2D eigenvalue weighted by Crippen LogP contribution is -2.17. The van der Waals surface area contributed by atoms with E-state index in [2.05, 4.69) is 20.5 Å². The van der Waals surface area contributed by atoms with Crippen LogP contribution in [-0.2, 0) is 6.42 Å². The van der Waals surface area contributed by atoms with Crippen LogP contribution in [0.1, 0.15) is 24.3 Å². The van der Waals surface area contributed by atoms with E-state index < -0.39 is 0 Å². The molecule has 2 aromatic heterocycles. The molecule has 6 heteroatoms. The molecule has 3 rings (SSSR count). The summed E-state index contributed by atoms with van der Waals surface area (Å²) in [7, 11) is 0. The van der Waals surface area contributed by atoms with Crippen molar-refractivity contribution in [2.75, 3.05) is 6.54 Å². The third-order valence-corrected chi connectivity index (χ3v) is 4.36. The number of aromatic nitrogens is 3. The zero-order valence-electron chi connectivity index (χ0n) is 10.5. The molecule has 0 unspecified atom stereocenters. The van der Waals surface area contributed by atoms with Crippen LogP contribution in [0.4, 0.5) is 0 Å². The highest BCUT2D eigenvalue weighted by Crippen LogP contribution is 2.29. The average molecular weight is 295 g/mol. The van der Waals surface area contributed by atoms with Gasteiger partial charge in [0.25, 0.3) is 0 Å². The number of hydrogen-bond donors (Lipinski definition) is 1. The van der Waals surface area contributed by atoms with Gasteiger partial charge in [0.2, 0.25) is 0 Å². The molecule has 0 aromatic carbocycles. The van der Waals surface area contributed by atoms with Crippen LogP contribution in [-0.4, -0.2) is 27.8 Å². The SMILES string of the molecule is Clc1cnccc1-c1nnc(CCCNC2CC2)s1. The minimum atomic E-state index is 0.626. The molecule has 100 valence electrons. The Kier molecular flexibility index (Phi) is 4.06. The molecule has 0 amide bonds. The fourth-order valence-corrected chi connectivity index (χ4v) is 3.03. The normalized spacial score (nSPS) is 14.8. The Balaban J connectivity index is 1.57. The molecule has 2 heterocycles. The third kappa shape index (κ3) is 3.49. The van der Waals surface area contributed by atoms with Gasteiger partial charge in [-0.15, -0.1) is 10.2 Å². The summed E-state index contributed by atoms with van der Waals surface area (Å²) >= 11 is 7.72. The van der Waals surface area contributed by atoms with E-state index in [0.29, 0.717) is 5.02 Å². The van der Waals surface area contributed by atoms with E-state index in [-0.39, 0.29) is 0 Å². The number of nitrogens with one attached hydrogen (secondary N) is 1. The van der Waals surface area contributed by atoms with Crippen molar-refractivity contribution in [3.63, 3.8) is 0 Å². The van der Waals surface area contributed by atoms with Crippen molar-refractivity contribution in [3.8, 4) is 10.6 Å². The first-order valence-electron chi connectivity index (χ1n) is 6.48. The predicted molar refractivity (Wildman–Crippen MR) is 77.5 cm³/mol. The van der Waals surface area contributed by atoms with Gasteiger partial charge in [0.1, 0.15) is 10.0 Å². The standard InChI is InChI=1S/C13H15ClN4S/c14-11-8-15-7-5-10(11)13-18-17-12(19-13)2-1-6-16-9-3-4-9/h5,7-9,16H,1-4,6H2. The molecule has 1 aliphatic carbocycles. The molecule has 0 saturated heterocycles. The quantitative estimate of drug-likeness (QED) is 0.832. The largest absolute Gasteiger partial charge is 0.314 e. The summed E-state index contributed by atoms with van der Waals surface area (Å²) < 4.78 is 0. The maximum Gasteiger partial charge on any atom is 0.149 e. The van der Waals surface area contributed by atoms with E-state index in [9.17, 15) is 0 Å². The van der Waals surface area contributed by atoms with Crippen LogP contribution in [0, 0.1) is 0 Å². The Morgan fingerprint density at radius 1 is 1.37 bits per heavy atom. The van der Waals surface area contributed by atoms with Crippen LogP contribution in [0.2, 0.25) is 5.02 Å². The Morgan fingerprint density at radius 3 is 3.05 bits per heavy atom. The van der Waals surface area contributed by atoms with Gasteiger partial charge in [0.15, 0.2) is 0 Å². The summed E-state index contributed by atoms with van der Waals surface area (Å²) in [6, 6.07) is 2.65. The highest BCUT2D eigenvalue weighted by molar-refractivity contribution is 7.14. The number of hydrogen-bond acceptors (Lipinski definition) is 5. The monoisotopic (exact) mass is 294 g/mol. The molecular weight excluding hydrogens is 280 g/mol. The second-order valence-corrected chi connectivity index (χ2v) is 6.16. The van der Waals surface area contributed by atoms with Crippen LogP contribution < -0.4 is 5.32 Å². The van der Waals surface area contributed by atoms with Crippen molar-refractivity contribution in [3.05, 3.63) is 28.5 Å². The fraction of sp³-hybridized carbons (Fsp3) is 0.462. The number of nitrogens with zero attached hydrogens (tertiary/aromatic N) is 3. The molecule has 1 fully saturated rings. The number of halogens is 1. The maximum absolute atomic E-state index is 6.10. The summed E-state index contributed by atoms with van der Waals surface area (Å²) in [4.78, 5) is 3.98. The fourth-order valence-electron chi connectivity index (χ4n) is 1.85. The third-order valence-electron chi connectivity index (χ3n) is 3.05. The molecule has 19 heavy (non-hydrogen) atoms. The molecular formula is C13H15ClN4S. The molecule has 2 aromatic rings. The summed E-state index contributed by atoms with van der Waals surface area (Å²) in [6.45, 7) is 1.07. The highest BCUT2D eigenvalue weighted by atomic mass is 35.5. The summed E-state index contributed by atoms with van der Waals surface area (Å²) in [5, 5.41) is 14.5. The second kappa shape index (κ2) is 5.94. The van der Waals surface area contributed by atoms with Crippen LogP contribution in [0.3, 0.4) is 0 Å². The van der Waals surface area contributed by atoms with Crippen LogP contribution >= 0.6 is 22.9 Å². The lowest BCUT2D eigenvalue weighted by molar-refractivity contribution is 0.643. The zero-order valence-corrected chi connectivity index (χ0v) is 12.0. The van der Waals surface area contributed by atoms with E-state index in [1.165, 1.54) is 12.8 Å². The van der Waals surface area contributed by atoms with Gasteiger partial charge in [-0.2, -0.15) is 0 Å². The molecule has 1 aliphatic rings. The van der Waals surface area contributed by atoms with Crippen molar-refractivity contribution in [1.82, 2.24) is 20.5 Å². The van der Waals surface area contributed by atoms with Crippen molar-refractivity contribution < 1.29 is 0 Å². The van der Waals surface area contributed by atoms with Crippen LogP contribution in [0.15, 0.2) is 18.5 Å². The van der Waals surface area contributed by atoms with Gasteiger partial charge < -0.3 is 5.32 Å². The van der Waals surface area contributed by atoms with Gasteiger partial charge >= 0.3 is 0 Å². The molecule has 0 radical (unpaired) electrons. The van der Waals surface area contributed by atoms with Crippen molar-refractivity contribution in [2.45, 2.75) is 31.7 Å². The smallest absolute Gasteiger partial charge is 0.149 e. The van der Waals surface area contributed by atoms with Gasteiger partial charge in [0, 0.05) is 30.4 Å². The Labute approximate surface area is 121 Å². The predicted octanol–water partition coefficient (Wildman–Crippen LogP) is 2.94. The van der Waals surface area contributed by atoms with Gasteiger partial charge in [-0.25, -0.2) is 0 Å². The average Bonchev–Trinajstić information content (AvgIpc) is 3.13. The zero-order chi connectivity index (χ0) is 13.1. The highest BCUT2D eigenvalue weighted by Gasteiger charge is 2.19. The number of rotatable bonds is 6. The summed E-state index contributed by atoms with van der Waals surface area (Å²) in [5.41, 5.74) is 0.913. The Bertz CT molecular complexity index is 553. The molecule has 0 bridgehead atoms. The van der Waals surface area contributed by atoms with Crippen LogP contribution in [0.25, 0.3) is 10.6 Å². The Hall–Kier alpha value is -1.04. The number of aryl methyl sites for hydroxylation is 1. The van der Waals surface area contributed by atoms with Crippen molar-refractivity contribution in [2.24, 2.45) is 0 Å². The first-order valence-corrected chi connectivity index (χ1v) is 7.68. The molecule has 1 N–H and O–H groups in total. The minimum Gasteiger partial charge on any atom is -0.314 e. The summed E-state index contributed by atoms with van der Waals surface area (Å²) in [5.74, 6) is 0. The van der Waals surface area contributed by atoms with E-state index in [0.717, 1.165) is 41.0 Å². The van der Waals surface area contributed by atoms with Crippen LogP contribution in [0.5, 0.6) is 0 Å².